The molecule has 1 unspecified atom stereocenters. The molecule has 2 N–H and O–H groups in total. The number of rotatable bonds is 9. The standard InChI is InChI=1S/C14H22N2O3S2/c1-3-19-14(18)12(15)6-8-20-10-13(17)16(2)9-11-5-4-7-21-11/h4-5,7,12H,3,6,8-10,15H2,1-2H3. The summed E-state index contributed by atoms with van der Waals surface area (Å²) in [6.45, 7) is 2.73. The van der Waals surface area contributed by atoms with Gasteiger partial charge in [-0.1, -0.05) is 6.07 Å². The number of esters is 1. The predicted octanol–water partition coefficient (Wildman–Crippen LogP) is 1.72. The largest absolute Gasteiger partial charge is 0.465 e. The minimum Gasteiger partial charge on any atom is -0.465 e. The van der Waals surface area contributed by atoms with E-state index < -0.39 is 6.04 Å². The van der Waals surface area contributed by atoms with Gasteiger partial charge in [0.05, 0.1) is 18.9 Å². The molecule has 0 saturated heterocycles. The Morgan fingerprint density at radius 1 is 1.52 bits per heavy atom. The lowest BCUT2D eigenvalue weighted by Gasteiger charge is -2.16. The Labute approximate surface area is 133 Å². The number of nitrogens with two attached hydrogens (primary N) is 1. The lowest BCUT2D eigenvalue weighted by molar-refractivity contribution is -0.144. The third-order valence-electron chi connectivity index (χ3n) is 2.79. The van der Waals surface area contributed by atoms with Crippen LogP contribution in [0.4, 0.5) is 0 Å². The first kappa shape index (κ1) is 18.0. The second-order valence-corrected chi connectivity index (χ2v) is 6.67. The molecule has 0 aromatic carbocycles. The molecule has 0 aliphatic carbocycles. The second kappa shape index (κ2) is 9.81. The van der Waals surface area contributed by atoms with Crippen LogP contribution in [-0.2, 0) is 20.9 Å². The highest BCUT2D eigenvalue weighted by Crippen LogP contribution is 2.12. The third-order valence-corrected chi connectivity index (χ3v) is 4.62. The Bertz CT molecular complexity index is 437. The summed E-state index contributed by atoms with van der Waals surface area (Å²) in [4.78, 5) is 26.1. The molecule has 1 rings (SSSR count). The first-order valence-corrected chi connectivity index (χ1v) is 8.84. The molecule has 0 saturated carbocycles. The number of nitrogens with zero attached hydrogens (tertiary/aromatic N) is 1. The van der Waals surface area contributed by atoms with Crippen molar-refractivity contribution in [1.29, 1.82) is 0 Å². The van der Waals surface area contributed by atoms with Gasteiger partial charge in [-0.15, -0.1) is 11.3 Å². The lowest BCUT2D eigenvalue weighted by Crippen LogP contribution is -2.33. The van der Waals surface area contributed by atoms with Crippen molar-refractivity contribution >= 4 is 35.0 Å². The van der Waals surface area contributed by atoms with E-state index in [1.54, 1.807) is 30.2 Å². The Hall–Kier alpha value is -1.05. The Balaban J connectivity index is 2.17. The van der Waals surface area contributed by atoms with E-state index >= 15 is 0 Å². The van der Waals surface area contributed by atoms with Crippen LogP contribution in [0.5, 0.6) is 0 Å². The van der Waals surface area contributed by atoms with Crippen LogP contribution in [0.25, 0.3) is 0 Å². The van der Waals surface area contributed by atoms with Crippen molar-refractivity contribution in [2.45, 2.75) is 25.9 Å². The highest BCUT2D eigenvalue weighted by atomic mass is 32.2. The topological polar surface area (TPSA) is 72.6 Å². The van der Waals surface area contributed by atoms with E-state index in [-0.39, 0.29) is 11.9 Å². The number of carbonyl (C=O) groups is 2. The molecule has 0 radical (unpaired) electrons. The quantitative estimate of drug-likeness (QED) is 0.551. The smallest absolute Gasteiger partial charge is 0.322 e. The molecule has 21 heavy (non-hydrogen) atoms. The first-order chi connectivity index (χ1) is 10.0. The van der Waals surface area contributed by atoms with Gasteiger partial charge in [-0.25, -0.2) is 0 Å². The van der Waals surface area contributed by atoms with Crippen LogP contribution in [0.2, 0.25) is 0 Å². The summed E-state index contributed by atoms with van der Waals surface area (Å²) < 4.78 is 4.83. The molecular formula is C14H22N2O3S2. The van der Waals surface area contributed by atoms with Crippen molar-refractivity contribution in [3.05, 3.63) is 22.4 Å². The maximum Gasteiger partial charge on any atom is 0.322 e. The van der Waals surface area contributed by atoms with Crippen molar-refractivity contribution < 1.29 is 14.3 Å². The van der Waals surface area contributed by atoms with E-state index in [0.29, 0.717) is 31.1 Å². The Kier molecular flexibility index (Phi) is 8.41. The number of ether oxygens (including phenoxy) is 1. The van der Waals surface area contributed by atoms with Crippen molar-refractivity contribution in [2.75, 3.05) is 25.2 Å². The molecule has 0 aliphatic rings. The zero-order chi connectivity index (χ0) is 15.7. The molecule has 0 aliphatic heterocycles. The molecular weight excluding hydrogens is 308 g/mol. The average molecular weight is 330 g/mol. The summed E-state index contributed by atoms with van der Waals surface area (Å²) in [5.41, 5.74) is 5.69. The number of carbonyl (C=O) groups excluding carboxylic acids is 2. The highest BCUT2D eigenvalue weighted by Gasteiger charge is 2.15. The van der Waals surface area contributed by atoms with Crippen LogP contribution in [0.3, 0.4) is 0 Å². The summed E-state index contributed by atoms with van der Waals surface area (Å²) in [5.74, 6) is 0.771. The summed E-state index contributed by atoms with van der Waals surface area (Å²) in [7, 11) is 1.80. The monoisotopic (exact) mass is 330 g/mol. The van der Waals surface area contributed by atoms with Gasteiger partial charge in [0.25, 0.3) is 0 Å². The zero-order valence-corrected chi connectivity index (χ0v) is 14.0. The van der Waals surface area contributed by atoms with Crippen molar-refractivity contribution in [3.8, 4) is 0 Å². The van der Waals surface area contributed by atoms with Gasteiger partial charge < -0.3 is 15.4 Å². The highest BCUT2D eigenvalue weighted by molar-refractivity contribution is 7.99. The SMILES string of the molecule is CCOC(=O)C(N)CCSCC(=O)N(C)Cc1cccs1. The van der Waals surface area contributed by atoms with Crippen LogP contribution in [-0.4, -0.2) is 48.0 Å². The van der Waals surface area contributed by atoms with Gasteiger partial charge >= 0.3 is 5.97 Å². The fourth-order valence-corrected chi connectivity index (χ4v) is 3.29. The fourth-order valence-electron chi connectivity index (χ4n) is 1.57. The van der Waals surface area contributed by atoms with Gasteiger partial charge in [-0.3, -0.25) is 9.59 Å². The average Bonchev–Trinajstić information content (AvgIpc) is 2.96. The minimum absolute atomic E-state index is 0.0816. The zero-order valence-electron chi connectivity index (χ0n) is 12.4. The van der Waals surface area contributed by atoms with E-state index in [1.165, 1.54) is 16.6 Å². The van der Waals surface area contributed by atoms with Crippen LogP contribution >= 0.6 is 23.1 Å². The lowest BCUT2D eigenvalue weighted by atomic mass is 10.2. The fraction of sp³-hybridized carbons (Fsp3) is 0.571. The van der Waals surface area contributed by atoms with Crippen molar-refractivity contribution in [2.24, 2.45) is 5.73 Å². The molecule has 118 valence electrons. The summed E-state index contributed by atoms with van der Waals surface area (Å²) in [6.07, 6.45) is 0.519. The third kappa shape index (κ3) is 6.97. The normalized spacial score (nSPS) is 12.0. The van der Waals surface area contributed by atoms with E-state index in [0.717, 1.165) is 0 Å². The van der Waals surface area contributed by atoms with Gasteiger partial charge in [0.2, 0.25) is 5.91 Å². The molecule has 0 fully saturated rings. The van der Waals surface area contributed by atoms with E-state index in [4.69, 9.17) is 10.5 Å². The summed E-state index contributed by atoms with van der Waals surface area (Å²) in [5, 5.41) is 2.00. The maximum atomic E-state index is 11.9. The van der Waals surface area contributed by atoms with Crippen LogP contribution < -0.4 is 5.73 Å². The van der Waals surface area contributed by atoms with E-state index in [9.17, 15) is 9.59 Å². The molecule has 1 atom stereocenters. The minimum atomic E-state index is -0.601. The predicted molar refractivity (Wildman–Crippen MR) is 87.3 cm³/mol. The molecule has 0 spiro atoms. The van der Waals surface area contributed by atoms with Crippen molar-refractivity contribution in [1.82, 2.24) is 4.90 Å². The van der Waals surface area contributed by atoms with E-state index in [2.05, 4.69) is 0 Å². The molecule has 1 heterocycles. The number of thiophene rings is 1. The van der Waals surface area contributed by atoms with Crippen LogP contribution in [0.1, 0.15) is 18.2 Å². The molecule has 1 aromatic rings. The molecule has 1 aromatic heterocycles. The Morgan fingerprint density at radius 3 is 2.90 bits per heavy atom. The Morgan fingerprint density at radius 2 is 2.29 bits per heavy atom. The summed E-state index contributed by atoms with van der Waals surface area (Å²) >= 11 is 3.13. The second-order valence-electron chi connectivity index (χ2n) is 4.53. The van der Waals surface area contributed by atoms with Gasteiger partial charge in [0.15, 0.2) is 0 Å². The molecule has 7 heteroatoms. The van der Waals surface area contributed by atoms with Crippen molar-refractivity contribution in [3.63, 3.8) is 0 Å². The number of hydrogen-bond donors (Lipinski definition) is 1. The summed E-state index contributed by atoms with van der Waals surface area (Å²) in [6, 6.07) is 3.39. The van der Waals surface area contributed by atoms with E-state index in [1.807, 2.05) is 17.5 Å². The van der Waals surface area contributed by atoms with Gasteiger partial charge in [-0.2, -0.15) is 11.8 Å². The number of thioether (sulfide) groups is 1. The molecule has 5 nitrogen and oxygen atoms in total. The van der Waals surface area contributed by atoms with Crippen LogP contribution in [0.15, 0.2) is 17.5 Å². The first-order valence-electron chi connectivity index (χ1n) is 6.81. The number of amides is 1. The molecule has 1 amide bonds. The van der Waals surface area contributed by atoms with Gasteiger partial charge in [0, 0.05) is 11.9 Å². The van der Waals surface area contributed by atoms with Gasteiger partial charge in [0.1, 0.15) is 6.04 Å². The molecule has 0 bridgehead atoms. The number of hydrogen-bond acceptors (Lipinski definition) is 6. The van der Waals surface area contributed by atoms with Gasteiger partial charge in [-0.05, 0) is 30.5 Å². The van der Waals surface area contributed by atoms with Crippen LogP contribution in [0, 0.1) is 0 Å². The maximum absolute atomic E-state index is 11.9.